The van der Waals surface area contributed by atoms with E-state index < -0.39 is 24.4 Å². The maximum absolute atomic E-state index is 9.82. The van der Waals surface area contributed by atoms with Crippen molar-refractivity contribution >= 4 is 0 Å². The standard InChI is InChI=1S/C18H34O5/c1-2-3-4-5-6-7-8-9-10-11-12-22-18-16(21)14-23-17(18)15(20)13-19/h3-4,15-21H,2,5-14H2,1H3/b4-3+/t15-,16+,17-,18-/m0/s1. The van der Waals surface area contributed by atoms with Crippen molar-refractivity contribution in [1.29, 1.82) is 0 Å². The third kappa shape index (κ3) is 8.27. The summed E-state index contributed by atoms with van der Waals surface area (Å²) in [7, 11) is 0. The molecule has 1 fully saturated rings. The van der Waals surface area contributed by atoms with Crippen LogP contribution in [0.1, 0.15) is 58.3 Å². The van der Waals surface area contributed by atoms with E-state index in [0.717, 1.165) is 19.3 Å². The van der Waals surface area contributed by atoms with Crippen LogP contribution >= 0.6 is 0 Å². The Balaban J connectivity index is 2.00. The lowest BCUT2D eigenvalue weighted by atomic mass is 10.1. The van der Waals surface area contributed by atoms with Gasteiger partial charge in [-0.15, -0.1) is 0 Å². The quantitative estimate of drug-likeness (QED) is 0.356. The molecule has 0 spiro atoms. The topological polar surface area (TPSA) is 79.2 Å². The summed E-state index contributed by atoms with van der Waals surface area (Å²) in [5.74, 6) is 0. The van der Waals surface area contributed by atoms with Gasteiger partial charge < -0.3 is 24.8 Å². The van der Waals surface area contributed by atoms with Gasteiger partial charge in [-0.1, -0.05) is 44.8 Å². The van der Waals surface area contributed by atoms with Crippen molar-refractivity contribution in [3.8, 4) is 0 Å². The molecule has 3 N–H and O–H groups in total. The Labute approximate surface area is 140 Å². The second-order valence-electron chi connectivity index (χ2n) is 6.24. The van der Waals surface area contributed by atoms with Crippen LogP contribution in [0.2, 0.25) is 0 Å². The predicted octanol–water partition coefficient (Wildman–Crippen LogP) is 2.18. The second kappa shape index (κ2) is 12.9. The fraction of sp³-hybridized carbons (Fsp3) is 0.889. The van der Waals surface area contributed by atoms with Gasteiger partial charge in [0.05, 0.1) is 13.2 Å². The summed E-state index contributed by atoms with van der Waals surface area (Å²) >= 11 is 0. The van der Waals surface area contributed by atoms with E-state index in [-0.39, 0.29) is 13.2 Å². The Hall–Kier alpha value is -0.460. The number of aliphatic hydroxyl groups is 3. The first kappa shape index (κ1) is 20.6. The number of hydrogen-bond donors (Lipinski definition) is 3. The van der Waals surface area contributed by atoms with Crippen LogP contribution in [0.3, 0.4) is 0 Å². The van der Waals surface area contributed by atoms with Crippen LogP contribution < -0.4 is 0 Å². The van der Waals surface area contributed by atoms with E-state index in [1.165, 1.54) is 32.1 Å². The summed E-state index contributed by atoms with van der Waals surface area (Å²) in [6, 6.07) is 0. The molecule has 0 amide bonds. The Bertz CT molecular complexity index is 308. The fourth-order valence-electron chi connectivity index (χ4n) is 2.83. The van der Waals surface area contributed by atoms with Gasteiger partial charge in [0.2, 0.25) is 0 Å². The van der Waals surface area contributed by atoms with E-state index in [9.17, 15) is 10.2 Å². The number of aliphatic hydroxyl groups excluding tert-OH is 3. The first-order chi connectivity index (χ1) is 11.2. The first-order valence-corrected chi connectivity index (χ1v) is 9.05. The summed E-state index contributed by atoms with van der Waals surface area (Å²) in [5.41, 5.74) is 0. The van der Waals surface area contributed by atoms with Crippen molar-refractivity contribution in [2.75, 3.05) is 19.8 Å². The summed E-state index contributed by atoms with van der Waals surface area (Å²) in [6.45, 7) is 2.48. The van der Waals surface area contributed by atoms with E-state index in [0.29, 0.717) is 6.61 Å². The van der Waals surface area contributed by atoms with E-state index >= 15 is 0 Å². The van der Waals surface area contributed by atoms with E-state index in [1.54, 1.807) is 0 Å². The molecule has 0 radical (unpaired) electrons. The molecule has 5 heteroatoms. The van der Waals surface area contributed by atoms with Crippen LogP contribution in [0.15, 0.2) is 12.2 Å². The van der Waals surface area contributed by atoms with Crippen molar-refractivity contribution in [2.24, 2.45) is 0 Å². The molecular weight excluding hydrogens is 296 g/mol. The average molecular weight is 330 g/mol. The third-order valence-electron chi connectivity index (χ3n) is 4.21. The monoisotopic (exact) mass is 330 g/mol. The van der Waals surface area contributed by atoms with Crippen molar-refractivity contribution < 1.29 is 24.8 Å². The Morgan fingerprint density at radius 1 is 1.13 bits per heavy atom. The largest absolute Gasteiger partial charge is 0.394 e. The molecule has 1 rings (SSSR count). The van der Waals surface area contributed by atoms with Gasteiger partial charge in [-0.2, -0.15) is 0 Å². The molecule has 1 aliphatic rings. The van der Waals surface area contributed by atoms with Crippen LogP contribution in [-0.4, -0.2) is 59.6 Å². The van der Waals surface area contributed by atoms with Crippen LogP contribution in [0.5, 0.6) is 0 Å². The molecule has 1 heterocycles. The zero-order valence-electron chi connectivity index (χ0n) is 14.4. The highest BCUT2D eigenvalue weighted by molar-refractivity contribution is 4.89. The average Bonchev–Trinajstić information content (AvgIpc) is 2.93. The van der Waals surface area contributed by atoms with Gasteiger partial charge in [0.25, 0.3) is 0 Å². The summed E-state index contributed by atoms with van der Waals surface area (Å²) < 4.78 is 11.0. The molecular formula is C18H34O5. The van der Waals surface area contributed by atoms with E-state index in [1.807, 2.05) is 0 Å². The molecule has 0 aromatic heterocycles. The van der Waals surface area contributed by atoms with E-state index in [2.05, 4.69) is 19.1 Å². The van der Waals surface area contributed by atoms with Crippen LogP contribution in [-0.2, 0) is 9.47 Å². The van der Waals surface area contributed by atoms with Crippen molar-refractivity contribution in [2.45, 2.75) is 82.7 Å². The van der Waals surface area contributed by atoms with Gasteiger partial charge >= 0.3 is 0 Å². The Kier molecular flexibility index (Phi) is 11.5. The lowest BCUT2D eigenvalue weighted by Crippen LogP contribution is -2.42. The molecule has 136 valence electrons. The number of allylic oxidation sites excluding steroid dienone is 2. The SMILES string of the molecule is CC/C=C/CCCCCCCCO[C@@H]1[C@H]([C@@H](O)CO)OC[C@H]1O. The summed E-state index contributed by atoms with van der Waals surface area (Å²) in [4.78, 5) is 0. The molecule has 23 heavy (non-hydrogen) atoms. The normalized spacial score (nSPS) is 26.2. The van der Waals surface area contributed by atoms with Gasteiger partial charge in [-0.05, 0) is 25.7 Å². The highest BCUT2D eigenvalue weighted by Gasteiger charge is 2.40. The van der Waals surface area contributed by atoms with Crippen LogP contribution in [0.25, 0.3) is 0 Å². The maximum Gasteiger partial charge on any atom is 0.114 e. The smallest absolute Gasteiger partial charge is 0.114 e. The fourth-order valence-corrected chi connectivity index (χ4v) is 2.83. The lowest BCUT2D eigenvalue weighted by molar-refractivity contribution is -0.0938. The predicted molar refractivity (Wildman–Crippen MR) is 90.3 cm³/mol. The van der Waals surface area contributed by atoms with Gasteiger partial charge in [0.15, 0.2) is 0 Å². The summed E-state index contributed by atoms with van der Waals surface area (Å²) in [5, 5.41) is 28.5. The molecule has 5 nitrogen and oxygen atoms in total. The van der Waals surface area contributed by atoms with Crippen molar-refractivity contribution in [3.05, 3.63) is 12.2 Å². The highest BCUT2D eigenvalue weighted by atomic mass is 16.6. The molecule has 0 aliphatic carbocycles. The molecule has 0 bridgehead atoms. The van der Waals surface area contributed by atoms with Gasteiger partial charge in [-0.25, -0.2) is 0 Å². The third-order valence-corrected chi connectivity index (χ3v) is 4.21. The lowest BCUT2D eigenvalue weighted by Gasteiger charge is -2.23. The highest BCUT2D eigenvalue weighted by Crippen LogP contribution is 2.21. The molecule has 0 unspecified atom stereocenters. The van der Waals surface area contributed by atoms with Crippen molar-refractivity contribution in [1.82, 2.24) is 0 Å². The van der Waals surface area contributed by atoms with Gasteiger partial charge in [-0.3, -0.25) is 0 Å². The minimum absolute atomic E-state index is 0.152. The molecule has 0 aromatic carbocycles. The number of unbranched alkanes of at least 4 members (excludes halogenated alkanes) is 6. The molecule has 0 saturated carbocycles. The molecule has 1 saturated heterocycles. The Morgan fingerprint density at radius 3 is 2.52 bits per heavy atom. The van der Waals surface area contributed by atoms with Crippen LogP contribution in [0, 0.1) is 0 Å². The van der Waals surface area contributed by atoms with Gasteiger partial charge in [0, 0.05) is 6.61 Å². The molecule has 4 atom stereocenters. The Morgan fingerprint density at radius 2 is 1.83 bits per heavy atom. The first-order valence-electron chi connectivity index (χ1n) is 9.05. The second-order valence-corrected chi connectivity index (χ2v) is 6.24. The maximum atomic E-state index is 9.82. The minimum Gasteiger partial charge on any atom is -0.394 e. The zero-order chi connectivity index (χ0) is 16.9. The number of hydrogen-bond acceptors (Lipinski definition) is 5. The number of ether oxygens (including phenoxy) is 2. The minimum atomic E-state index is -1.00. The summed E-state index contributed by atoms with van der Waals surface area (Å²) in [6.07, 6.45) is 10.9. The van der Waals surface area contributed by atoms with E-state index in [4.69, 9.17) is 14.6 Å². The molecule has 1 aliphatic heterocycles. The van der Waals surface area contributed by atoms with Gasteiger partial charge in [0.1, 0.15) is 24.4 Å². The van der Waals surface area contributed by atoms with Crippen LogP contribution in [0.4, 0.5) is 0 Å². The zero-order valence-corrected chi connectivity index (χ0v) is 14.4. The number of rotatable bonds is 13. The molecule has 0 aromatic rings. The van der Waals surface area contributed by atoms with Crippen molar-refractivity contribution in [3.63, 3.8) is 0 Å².